The maximum atomic E-state index is 13.3. The molecule has 9 heteroatoms. The van der Waals surface area contributed by atoms with E-state index in [1.165, 1.54) is 17.7 Å². The summed E-state index contributed by atoms with van der Waals surface area (Å²) in [6, 6.07) is 14.8. The second-order valence-electron chi connectivity index (χ2n) is 8.92. The molecule has 1 N–H and O–H groups in total. The van der Waals surface area contributed by atoms with Crippen molar-refractivity contribution in [3.8, 4) is 0 Å². The van der Waals surface area contributed by atoms with Crippen LogP contribution in [0.25, 0.3) is 10.9 Å². The fourth-order valence-electron chi connectivity index (χ4n) is 4.76. The Bertz CT molecular complexity index is 1400. The van der Waals surface area contributed by atoms with Gasteiger partial charge in [-0.05, 0) is 35.9 Å². The molecule has 2 aliphatic rings. The van der Waals surface area contributed by atoms with Gasteiger partial charge in [0, 0.05) is 53.6 Å². The molecule has 2 aromatic carbocycles. The van der Waals surface area contributed by atoms with Crippen molar-refractivity contribution in [1.29, 1.82) is 0 Å². The number of halogens is 1. The predicted octanol–water partition coefficient (Wildman–Crippen LogP) is 4.69. The second kappa shape index (κ2) is 10.3. The summed E-state index contributed by atoms with van der Waals surface area (Å²) in [5, 5.41) is 5.62. The van der Waals surface area contributed by atoms with E-state index in [1.807, 2.05) is 42.2 Å². The average molecular weight is 503 g/mol. The molecule has 4 heterocycles. The number of nitrogens with zero attached hydrogens (tertiary/aromatic N) is 5. The van der Waals surface area contributed by atoms with Gasteiger partial charge in [-0.25, -0.2) is 14.8 Å². The van der Waals surface area contributed by atoms with E-state index in [-0.39, 0.29) is 5.82 Å². The maximum absolute atomic E-state index is 13.3. The maximum Gasteiger partial charge on any atom is 0.245 e. The Kier molecular flexibility index (Phi) is 6.57. The van der Waals surface area contributed by atoms with Gasteiger partial charge in [0.05, 0.1) is 25.1 Å². The van der Waals surface area contributed by atoms with Crippen molar-refractivity contribution >= 4 is 40.6 Å². The lowest BCUT2D eigenvalue weighted by atomic mass is 10.1. The number of rotatable bonds is 6. The summed E-state index contributed by atoms with van der Waals surface area (Å²) in [5.41, 5.74) is 8.56. The molecule has 2 aromatic heterocycles. The van der Waals surface area contributed by atoms with E-state index in [0.717, 1.165) is 77.8 Å². The summed E-state index contributed by atoms with van der Waals surface area (Å²) < 4.78 is 21.0. The molecule has 0 amide bonds. The third kappa shape index (κ3) is 4.81. The fraction of sp³-hybridized carbons (Fsp3) is 0.296. The normalized spacial score (nSPS) is 16.0. The standard InChI is InChI=1S/C27H27FN6OS/c28-21-7-5-19(6-8-21)16-34-17-20(22-3-1-2-4-25(22)34)15-29-32-27-30-24-9-14-36-18-23(24)26(31-27)33-10-12-35-13-11-33/h1-8,15,17H,9-14,16,18H2,(H,30,31,32)/b29-15+. The molecule has 0 radical (unpaired) electrons. The van der Waals surface area contributed by atoms with Crippen molar-refractivity contribution in [1.82, 2.24) is 14.5 Å². The predicted molar refractivity (Wildman–Crippen MR) is 144 cm³/mol. The van der Waals surface area contributed by atoms with Crippen molar-refractivity contribution in [2.24, 2.45) is 5.10 Å². The summed E-state index contributed by atoms with van der Waals surface area (Å²) in [6.45, 7) is 3.76. The van der Waals surface area contributed by atoms with Gasteiger partial charge in [0.15, 0.2) is 0 Å². The zero-order chi connectivity index (χ0) is 24.3. The van der Waals surface area contributed by atoms with Crippen LogP contribution in [0.1, 0.15) is 22.4 Å². The molecule has 0 unspecified atom stereocenters. The average Bonchev–Trinajstić information content (AvgIpc) is 3.27. The largest absolute Gasteiger partial charge is 0.378 e. The fourth-order valence-corrected chi connectivity index (χ4v) is 5.74. The molecule has 4 aromatic rings. The number of aromatic nitrogens is 3. The van der Waals surface area contributed by atoms with Crippen LogP contribution in [0.3, 0.4) is 0 Å². The van der Waals surface area contributed by atoms with E-state index in [2.05, 4.69) is 38.3 Å². The molecule has 0 spiro atoms. The number of aryl methyl sites for hydroxylation is 1. The minimum Gasteiger partial charge on any atom is -0.378 e. The van der Waals surface area contributed by atoms with Crippen LogP contribution >= 0.6 is 11.8 Å². The number of nitrogens with one attached hydrogen (secondary N) is 1. The van der Waals surface area contributed by atoms with Gasteiger partial charge >= 0.3 is 0 Å². The first-order chi connectivity index (χ1) is 17.7. The van der Waals surface area contributed by atoms with Crippen molar-refractivity contribution in [3.05, 3.63) is 82.9 Å². The number of para-hydroxylation sites is 1. The Labute approximate surface area is 213 Å². The monoisotopic (exact) mass is 502 g/mol. The highest BCUT2D eigenvalue weighted by Crippen LogP contribution is 2.32. The number of morpholine rings is 1. The Morgan fingerprint density at radius 3 is 2.78 bits per heavy atom. The molecular weight excluding hydrogens is 475 g/mol. The molecule has 184 valence electrons. The number of ether oxygens (including phenoxy) is 1. The smallest absolute Gasteiger partial charge is 0.245 e. The highest BCUT2D eigenvalue weighted by atomic mass is 32.2. The van der Waals surface area contributed by atoms with Crippen LogP contribution in [0.15, 0.2) is 59.8 Å². The molecule has 0 bridgehead atoms. The lowest BCUT2D eigenvalue weighted by Crippen LogP contribution is -2.38. The molecular formula is C27H27FN6OS. The number of hydrogen-bond acceptors (Lipinski definition) is 7. The van der Waals surface area contributed by atoms with Crippen LogP contribution < -0.4 is 10.3 Å². The summed E-state index contributed by atoms with van der Waals surface area (Å²) in [6.07, 6.45) is 4.83. The number of fused-ring (bicyclic) bond motifs is 2. The van der Waals surface area contributed by atoms with Gasteiger partial charge in [-0.1, -0.05) is 30.3 Å². The van der Waals surface area contributed by atoms with Gasteiger partial charge in [-0.3, -0.25) is 0 Å². The first-order valence-electron chi connectivity index (χ1n) is 12.2. The van der Waals surface area contributed by atoms with Gasteiger partial charge in [0.25, 0.3) is 0 Å². The van der Waals surface area contributed by atoms with Crippen molar-refractivity contribution in [2.45, 2.75) is 18.7 Å². The number of hydrogen-bond donors (Lipinski definition) is 1. The summed E-state index contributed by atoms with van der Waals surface area (Å²) in [5.74, 6) is 3.31. The van der Waals surface area contributed by atoms with Crippen LogP contribution in [-0.2, 0) is 23.5 Å². The molecule has 1 fully saturated rings. The third-order valence-electron chi connectivity index (χ3n) is 6.56. The number of hydrazone groups is 1. The molecule has 2 aliphatic heterocycles. The first kappa shape index (κ1) is 23.0. The zero-order valence-electron chi connectivity index (χ0n) is 19.9. The molecule has 36 heavy (non-hydrogen) atoms. The molecule has 1 saturated heterocycles. The molecule has 0 atom stereocenters. The topological polar surface area (TPSA) is 67.6 Å². The summed E-state index contributed by atoms with van der Waals surface area (Å²) in [7, 11) is 0. The lowest BCUT2D eigenvalue weighted by molar-refractivity contribution is 0.122. The van der Waals surface area contributed by atoms with Crippen LogP contribution in [0.2, 0.25) is 0 Å². The van der Waals surface area contributed by atoms with E-state index >= 15 is 0 Å². The van der Waals surface area contributed by atoms with Crippen molar-refractivity contribution in [3.63, 3.8) is 0 Å². The molecule has 0 aliphatic carbocycles. The number of thioether (sulfide) groups is 1. The summed E-state index contributed by atoms with van der Waals surface area (Å²) in [4.78, 5) is 11.9. The molecule has 7 nitrogen and oxygen atoms in total. The van der Waals surface area contributed by atoms with Crippen LogP contribution in [0.5, 0.6) is 0 Å². The van der Waals surface area contributed by atoms with Gasteiger partial charge in [-0.15, -0.1) is 0 Å². The van der Waals surface area contributed by atoms with Gasteiger partial charge in [0.1, 0.15) is 11.6 Å². The van der Waals surface area contributed by atoms with Crippen molar-refractivity contribution in [2.75, 3.05) is 42.4 Å². The van der Waals surface area contributed by atoms with Crippen LogP contribution in [0, 0.1) is 5.82 Å². The summed E-state index contributed by atoms with van der Waals surface area (Å²) >= 11 is 1.93. The van der Waals surface area contributed by atoms with E-state index < -0.39 is 0 Å². The first-order valence-corrected chi connectivity index (χ1v) is 13.3. The minimum atomic E-state index is -0.227. The minimum absolute atomic E-state index is 0.227. The molecule has 6 rings (SSSR count). The van der Waals surface area contributed by atoms with Gasteiger partial charge in [-0.2, -0.15) is 21.8 Å². The number of anilines is 2. The van der Waals surface area contributed by atoms with Gasteiger partial charge in [0.2, 0.25) is 5.95 Å². The highest BCUT2D eigenvalue weighted by molar-refractivity contribution is 7.98. The second-order valence-corrected chi connectivity index (χ2v) is 10.0. The Morgan fingerprint density at radius 2 is 1.92 bits per heavy atom. The van der Waals surface area contributed by atoms with Crippen LogP contribution in [0.4, 0.5) is 16.2 Å². The Hall–Kier alpha value is -3.43. The van der Waals surface area contributed by atoms with E-state index in [9.17, 15) is 4.39 Å². The van der Waals surface area contributed by atoms with E-state index in [4.69, 9.17) is 14.7 Å². The van der Waals surface area contributed by atoms with Crippen LogP contribution in [-0.4, -0.2) is 52.8 Å². The quantitative estimate of drug-likeness (QED) is 0.305. The zero-order valence-corrected chi connectivity index (χ0v) is 20.7. The van der Waals surface area contributed by atoms with E-state index in [0.29, 0.717) is 12.5 Å². The van der Waals surface area contributed by atoms with E-state index in [1.54, 1.807) is 0 Å². The highest BCUT2D eigenvalue weighted by Gasteiger charge is 2.23. The van der Waals surface area contributed by atoms with Crippen molar-refractivity contribution < 1.29 is 9.13 Å². The Balaban J connectivity index is 1.26. The lowest BCUT2D eigenvalue weighted by Gasteiger charge is -2.31. The molecule has 0 saturated carbocycles. The SMILES string of the molecule is Fc1ccc(Cn2cc(/C=N/Nc3nc4c(c(N5CCOCC5)n3)CSCC4)c3ccccc32)cc1. The number of benzene rings is 2. The third-order valence-corrected chi connectivity index (χ3v) is 7.55. The van der Waals surface area contributed by atoms with Gasteiger partial charge < -0.3 is 14.2 Å². The Morgan fingerprint density at radius 1 is 1.08 bits per heavy atom.